The van der Waals surface area contributed by atoms with E-state index in [0.29, 0.717) is 41.4 Å². The van der Waals surface area contributed by atoms with Crippen molar-refractivity contribution >= 4 is 28.6 Å². The molecule has 0 spiro atoms. The lowest BCUT2D eigenvalue weighted by Gasteiger charge is -2.11. The highest BCUT2D eigenvalue weighted by molar-refractivity contribution is 5.94. The molecule has 4 aromatic rings. The molecule has 0 aliphatic rings. The maximum absolute atomic E-state index is 14.6. The Labute approximate surface area is 183 Å². The fraction of sp³-hybridized carbons (Fsp3) is 0.217. The van der Waals surface area contributed by atoms with Gasteiger partial charge in [-0.15, -0.1) is 0 Å². The van der Waals surface area contributed by atoms with Crippen LogP contribution in [0.1, 0.15) is 27.4 Å². The second-order valence-corrected chi connectivity index (χ2v) is 7.19. The number of hydrogen-bond acceptors (Lipinski definition) is 7. The number of oxazole rings is 1. The summed E-state index contributed by atoms with van der Waals surface area (Å²) >= 11 is 0. The first-order valence-electron chi connectivity index (χ1n) is 10.0. The molecule has 0 saturated heterocycles. The largest absolute Gasteiger partial charge is 0.494 e. The lowest BCUT2D eigenvalue weighted by Crippen LogP contribution is -2.18. The van der Waals surface area contributed by atoms with Gasteiger partial charge in [-0.3, -0.25) is 4.79 Å². The summed E-state index contributed by atoms with van der Waals surface area (Å²) in [7, 11) is 2.89. The zero-order valence-corrected chi connectivity index (χ0v) is 17.9. The number of aromatic nitrogens is 3. The molecule has 0 fully saturated rings. The summed E-state index contributed by atoms with van der Waals surface area (Å²) in [5.74, 6) is 0.293. The van der Waals surface area contributed by atoms with Gasteiger partial charge in [0.2, 0.25) is 5.95 Å². The third-order valence-corrected chi connectivity index (χ3v) is 4.96. The van der Waals surface area contributed by atoms with Crippen LogP contribution in [0.15, 0.2) is 47.1 Å². The van der Waals surface area contributed by atoms with E-state index < -0.39 is 5.82 Å². The van der Waals surface area contributed by atoms with Crippen molar-refractivity contribution in [1.29, 1.82) is 0 Å². The number of amides is 1. The van der Waals surface area contributed by atoms with Gasteiger partial charge in [-0.2, -0.15) is 0 Å². The Morgan fingerprint density at radius 3 is 2.66 bits per heavy atom. The number of aryl methyl sites for hydroxylation is 3. The highest BCUT2D eigenvalue weighted by Crippen LogP contribution is 2.25. The van der Waals surface area contributed by atoms with Crippen molar-refractivity contribution < 1.29 is 18.3 Å². The van der Waals surface area contributed by atoms with Crippen molar-refractivity contribution in [3.8, 4) is 5.75 Å². The summed E-state index contributed by atoms with van der Waals surface area (Å²) in [6.45, 7) is 1.80. The number of anilines is 2. The van der Waals surface area contributed by atoms with Crippen LogP contribution in [0, 0.1) is 12.7 Å². The molecule has 2 N–H and O–H groups in total. The summed E-state index contributed by atoms with van der Waals surface area (Å²) in [5, 5.41) is 5.66. The van der Waals surface area contributed by atoms with Gasteiger partial charge < -0.3 is 19.8 Å². The van der Waals surface area contributed by atoms with Crippen LogP contribution in [-0.2, 0) is 12.8 Å². The highest BCUT2D eigenvalue weighted by Gasteiger charge is 2.15. The van der Waals surface area contributed by atoms with Gasteiger partial charge in [-0.1, -0.05) is 0 Å². The smallest absolute Gasteiger partial charge is 0.251 e. The number of halogens is 1. The van der Waals surface area contributed by atoms with Gasteiger partial charge in [0, 0.05) is 43.7 Å². The number of methoxy groups -OCH3 is 1. The molecule has 0 saturated carbocycles. The molecule has 0 unspecified atom stereocenters. The first kappa shape index (κ1) is 21.2. The van der Waals surface area contributed by atoms with E-state index in [1.807, 2.05) is 18.2 Å². The summed E-state index contributed by atoms with van der Waals surface area (Å²) < 4.78 is 25.2. The average Bonchev–Trinajstić information content (AvgIpc) is 3.18. The molecule has 2 aromatic carbocycles. The van der Waals surface area contributed by atoms with E-state index in [1.165, 1.54) is 26.3 Å². The number of ether oxygens (including phenoxy) is 1. The molecular formula is C23H22FN5O3. The van der Waals surface area contributed by atoms with Crippen LogP contribution >= 0.6 is 0 Å². The Bertz CT molecular complexity index is 1270. The predicted molar refractivity (Wildman–Crippen MR) is 118 cm³/mol. The first-order valence-corrected chi connectivity index (χ1v) is 10.0. The number of benzene rings is 2. The lowest BCUT2D eigenvalue weighted by atomic mass is 10.0. The van der Waals surface area contributed by atoms with E-state index in [2.05, 4.69) is 25.6 Å². The molecule has 9 heteroatoms. The van der Waals surface area contributed by atoms with E-state index in [0.717, 1.165) is 16.8 Å². The van der Waals surface area contributed by atoms with E-state index in [1.54, 1.807) is 19.3 Å². The van der Waals surface area contributed by atoms with Gasteiger partial charge in [0.1, 0.15) is 5.52 Å². The molecule has 0 atom stereocenters. The van der Waals surface area contributed by atoms with E-state index >= 15 is 0 Å². The molecule has 8 nitrogen and oxygen atoms in total. The van der Waals surface area contributed by atoms with Crippen molar-refractivity contribution in [3.05, 3.63) is 71.1 Å². The quantitative estimate of drug-likeness (QED) is 0.453. The fourth-order valence-electron chi connectivity index (χ4n) is 3.34. The number of carbonyl (C=O) groups excluding carboxylic acids is 1. The number of rotatable bonds is 7. The lowest BCUT2D eigenvalue weighted by molar-refractivity contribution is 0.0962. The van der Waals surface area contributed by atoms with Crippen molar-refractivity contribution in [1.82, 2.24) is 20.3 Å². The molecule has 0 aliphatic carbocycles. The van der Waals surface area contributed by atoms with Crippen LogP contribution in [0.2, 0.25) is 0 Å². The third kappa shape index (κ3) is 4.51. The van der Waals surface area contributed by atoms with Gasteiger partial charge in [0.15, 0.2) is 23.0 Å². The second-order valence-electron chi connectivity index (χ2n) is 7.19. The molecule has 2 aromatic heterocycles. The first-order chi connectivity index (χ1) is 15.5. The highest BCUT2D eigenvalue weighted by atomic mass is 19.1. The average molecular weight is 435 g/mol. The van der Waals surface area contributed by atoms with Crippen LogP contribution in [0.4, 0.5) is 16.0 Å². The third-order valence-electron chi connectivity index (χ3n) is 4.96. The van der Waals surface area contributed by atoms with Gasteiger partial charge in [0.05, 0.1) is 7.11 Å². The Kier molecular flexibility index (Phi) is 5.98. The maximum Gasteiger partial charge on any atom is 0.251 e. The molecule has 0 radical (unpaired) electrons. The van der Waals surface area contributed by atoms with Gasteiger partial charge in [-0.25, -0.2) is 19.3 Å². The van der Waals surface area contributed by atoms with Crippen LogP contribution in [0.3, 0.4) is 0 Å². The van der Waals surface area contributed by atoms with E-state index in [9.17, 15) is 9.18 Å². The fourth-order valence-corrected chi connectivity index (χ4v) is 3.34. The monoisotopic (exact) mass is 435 g/mol. The Morgan fingerprint density at radius 1 is 1.16 bits per heavy atom. The van der Waals surface area contributed by atoms with Crippen molar-refractivity contribution in [3.63, 3.8) is 0 Å². The second kappa shape index (κ2) is 9.01. The zero-order chi connectivity index (χ0) is 22.7. The topological polar surface area (TPSA) is 102 Å². The van der Waals surface area contributed by atoms with Crippen molar-refractivity contribution in [2.24, 2.45) is 0 Å². The number of nitrogens with one attached hydrogen (secondary N) is 2. The molecule has 0 aliphatic heterocycles. The van der Waals surface area contributed by atoms with Crippen molar-refractivity contribution in [2.45, 2.75) is 19.8 Å². The SMILES string of the molecule is CNC(=O)c1cc(CCc2cnc(Nc3ccc4nc(C)oc4c3)nc2)c(F)c(OC)c1. The molecule has 2 heterocycles. The minimum atomic E-state index is -0.475. The number of carbonyl (C=O) groups is 1. The van der Waals surface area contributed by atoms with Crippen molar-refractivity contribution in [2.75, 3.05) is 19.5 Å². The predicted octanol–water partition coefficient (Wildman–Crippen LogP) is 3.96. The summed E-state index contributed by atoms with van der Waals surface area (Å²) in [4.78, 5) is 24.9. The molecule has 1 amide bonds. The minimum absolute atomic E-state index is 0.0378. The van der Waals surface area contributed by atoms with E-state index in [-0.39, 0.29) is 11.7 Å². The van der Waals surface area contributed by atoms with Crippen LogP contribution in [-0.4, -0.2) is 35.0 Å². The van der Waals surface area contributed by atoms with Gasteiger partial charge in [-0.05, 0) is 48.2 Å². The molecular weight excluding hydrogens is 413 g/mol. The normalized spacial score (nSPS) is 10.9. The minimum Gasteiger partial charge on any atom is -0.494 e. The summed E-state index contributed by atoms with van der Waals surface area (Å²) in [5.41, 5.74) is 3.81. The Balaban J connectivity index is 1.45. The zero-order valence-electron chi connectivity index (χ0n) is 17.9. The molecule has 4 rings (SSSR count). The Hall–Kier alpha value is -4.01. The Morgan fingerprint density at radius 2 is 1.94 bits per heavy atom. The number of fused-ring (bicyclic) bond motifs is 1. The maximum atomic E-state index is 14.6. The molecule has 164 valence electrons. The van der Waals surface area contributed by atoms with Gasteiger partial charge in [0.25, 0.3) is 5.91 Å². The molecule has 32 heavy (non-hydrogen) atoms. The van der Waals surface area contributed by atoms with Crippen LogP contribution in [0.25, 0.3) is 11.1 Å². The summed E-state index contributed by atoms with van der Waals surface area (Å²) in [6, 6.07) is 8.49. The number of nitrogens with zero attached hydrogens (tertiary/aromatic N) is 3. The molecule has 0 bridgehead atoms. The standard InChI is InChI=1S/C23H22FN5O3/c1-13-28-18-7-6-17(10-19(18)32-13)29-23-26-11-14(12-27-23)4-5-15-8-16(22(30)25-2)9-20(31-3)21(15)24/h6-12H,4-5H2,1-3H3,(H,25,30)(H,26,27,29). The number of hydrogen-bond donors (Lipinski definition) is 2. The van der Waals surface area contributed by atoms with Crippen LogP contribution in [0.5, 0.6) is 5.75 Å². The van der Waals surface area contributed by atoms with Gasteiger partial charge >= 0.3 is 0 Å². The summed E-state index contributed by atoms with van der Waals surface area (Å²) in [6.07, 6.45) is 4.24. The van der Waals surface area contributed by atoms with Crippen LogP contribution < -0.4 is 15.4 Å². The van der Waals surface area contributed by atoms with E-state index in [4.69, 9.17) is 9.15 Å².